The van der Waals surface area contributed by atoms with E-state index in [0.717, 1.165) is 40.8 Å². The number of aliphatic hydroxyl groups is 4. The van der Waals surface area contributed by atoms with Crippen LogP contribution in [0.4, 0.5) is 0 Å². The van der Waals surface area contributed by atoms with Gasteiger partial charge in [-0.3, -0.25) is 14.9 Å². The van der Waals surface area contributed by atoms with Gasteiger partial charge in [-0.2, -0.15) is 0 Å². The van der Waals surface area contributed by atoms with Gasteiger partial charge in [0.25, 0.3) is 0 Å². The Morgan fingerprint density at radius 1 is 1.00 bits per heavy atom. The number of β-amino-alcohol motifs (C(OH)–C–C–N with tert-alkyl or cyclic N) is 1. The molecule has 6 aliphatic rings. The molecule has 4 bridgehead atoms. The van der Waals surface area contributed by atoms with Crippen LogP contribution in [0.5, 0.6) is 0 Å². The van der Waals surface area contributed by atoms with E-state index < -0.39 is 65.2 Å². The van der Waals surface area contributed by atoms with Gasteiger partial charge in [-0.05, 0) is 136 Å². The lowest BCUT2D eigenvalue weighted by Gasteiger charge is -2.56. The molecule has 0 radical (unpaired) electrons. The van der Waals surface area contributed by atoms with Crippen LogP contribution < -0.4 is 21.7 Å². The molecule has 1 amide bonds. The van der Waals surface area contributed by atoms with E-state index in [1.54, 1.807) is 0 Å². The molecule has 3 aliphatic heterocycles. The second-order valence-electron chi connectivity index (χ2n) is 20.9. The number of benzene rings is 2. The number of fused-ring (bicyclic) bond motifs is 8. The van der Waals surface area contributed by atoms with Crippen molar-refractivity contribution < 1.29 is 34.8 Å². The van der Waals surface area contributed by atoms with E-state index >= 15 is 4.79 Å². The van der Waals surface area contributed by atoms with E-state index in [4.69, 9.17) is 10.5 Å². The number of carbonyl (C=O) groups excluding carboxylic acids is 2. The third kappa shape index (κ3) is 10.7. The van der Waals surface area contributed by atoms with Crippen LogP contribution in [0.15, 0.2) is 101 Å². The highest BCUT2D eigenvalue weighted by atomic mass is 16.5. The van der Waals surface area contributed by atoms with Gasteiger partial charge in [0.1, 0.15) is 18.8 Å². The molecule has 2 saturated carbocycles. The molecule has 3 aliphatic carbocycles. The summed E-state index contributed by atoms with van der Waals surface area (Å²) in [6.45, 7) is 13.7. The number of Topliss-reactive ketones (excluding diaryl/α,β-unsaturated/α-hetero) is 1. The summed E-state index contributed by atoms with van der Waals surface area (Å²) in [6, 6.07) is 12.8. The number of hydrogen-bond acceptors (Lipinski definition) is 10. The standard InChI is InChI=1S/C59H74N4O7/c1-6-61-50-25-22-36(2)13-7-8-30-70-35-42(18-9-14-37(50)3)45-27-29-59(55(45)67)49-33-41-17-11-20-47(54(66)38(4)44(49)26-28-58(59,5)69)46-19-12-21-48-52(46)53(57(68)63-56(48)60)62-34-43(64)24-23-39-15-10-16-40(31-39)32-51(41)65/h9-10,12,14-16,18-19,21-22,31,41,43,45,47,49-51,53,55-56,61-62,64-65,67,69H,3,6,13,20,23-30,32-35,60H2,1-2,4-5H3,(H,63,68)/b14-9+,36-22+,42-18-,44-38+/t41-,43-,45-,47+,49-,50+,51+,53+,55-,56-,58-,59-/m1/s1. The molecule has 2 aromatic carbocycles. The molecule has 12 atom stereocenters. The molecule has 2 aromatic rings. The molecule has 2 fully saturated rings. The van der Waals surface area contributed by atoms with E-state index in [1.165, 1.54) is 5.57 Å². The van der Waals surface area contributed by atoms with E-state index in [9.17, 15) is 25.2 Å². The van der Waals surface area contributed by atoms with Gasteiger partial charge >= 0.3 is 0 Å². The van der Waals surface area contributed by atoms with Crippen molar-refractivity contribution >= 4 is 11.7 Å². The number of carbonyl (C=O) groups is 2. The summed E-state index contributed by atoms with van der Waals surface area (Å²) in [5.74, 6) is 10.5. The molecule has 11 nitrogen and oxygen atoms in total. The van der Waals surface area contributed by atoms with Crippen LogP contribution >= 0.6 is 0 Å². The number of amides is 1. The van der Waals surface area contributed by atoms with Gasteiger partial charge in [0.15, 0.2) is 5.78 Å². The summed E-state index contributed by atoms with van der Waals surface area (Å²) in [5.41, 5.74) is 12.4. The number of nitrogens with two attached hydrogens (primary N) is 1. The van der Waals surface area contributed by atoms with Gasteiger partial charge in [0.05, 0.1) is 36.4 Å². The zero-order valence-corrected chi connectivity index (χ0v) is 41.5. The summed E-state index contributed by atoms with van der Waals surface area (Å²) in [6.07, 6.45) is 9.64. The van der Waals surface area contributed by atoms with Gasteiger partial charge in [-0.1, -0.05) is 109 Å². The van der Waals surface area contributed by atoms with Crippen molar-refractivity contribution in [1.29, 1.82) is 0 Å². The minimum Gasteiger partial charge on any atom is -0.392 e. The van der Waals surface area contributed by atoms with Gasteiger partial charge < -0.3 is 41.5 Å². The first kappa shape index (κ1) is 51.4. The maximum Gasteiger partial charge on any atom is 0.243 e. The Morgan fingerprint density at radius 3 is 2.60 bits per heavy atom. The highest BCUT2D eigenvalue weighted by Gasteiger charge is 2.64. The first-order valence-electron chi connectivity index (χ1n) is 25.6. The molecule has 70 heavy (non-hydrogen) atoms. The normalized spacial score (nSPS) is 37.5. The number of rotatable bonds is 3. The van der Waals surface area contributed by atoms with Gasteiger partial charge in [0, 0.05) is 42.7 Å². The lowest BCUT2D eigenvalue weighted by Crippen LogP contribution is -2.60. The lowest BCUT2D eigenvalue weighted by molar-refractivity contribution is -0.170. The number of allylic oxidation sites excluding steroid dienone is 5. The largest absolute Gasteiger partial charge is 0.392 e. The second kappa shape index (κ2) is 22.2. The Labute approximate surface area is 415 Å². The highest BCUT2D eigenvalue weighted by Crippen LogP contribution is 2.63. The fourth-order valence-electron chi connectivity index (χ4n) is 12.6. The predicted molar refractivity (Wildman–Crippen MR) is 274 cm³/mol. The summed E-state index contributed by atoms with van der Waals surface area (Å²) in [5, 5.41) is 59.7. The first-order valence-corrected chi connectivity index (χ1v) is 25.6. The minimum atomic E-state index is -1.36. The number of aliphatic hydroxyl groups excluding tert-OH is 3. The quantitative estimate of drug-likeness (QED) is 0.127. The Morgan fingerprint density at radius 2 is 1.79 bits per heavy atom. The molecule has 11 heteroatoms. The van der Waals surface area contributed by atoms with E-state index in [1.807, 2.05) is 68.5 Å². The monoisotopic (exact) mass is 951 g/mol. The summed E-state index contributed by atoms with van der Waals surface area (Å²) in [7, 11) is 0. The van der Waals surface area contributed by atoms with Crippen molar-refractivity contribution in [3.63, 3.8) is 0 Å². The summed E-state index contributed by atoms with van der Waals surface area (Å²) < 4.78 is 6.24. The number of hydrogen-bond donors (Lipinski definition) is 8. The zero-order chi connectivity index (χ0) is 49.7. The van der Waals surface area contributed by atoms with Crippen LogP contribution in [0.2, 0.25) is 0 Å². The van der Waals surface area contributed by atoms with Gasteiger partial charge in [-0.25, -0.2) is 0 Å². The van der Waals surface area contributed by atoms with Gasteiger partial charge in [-0.15, -0.1) is 5.92 Å². The van der Waals surface area contributed by atoms with Crippen LogP contribution in [0, 0.1) is 46.9 Å². The molecule has 8 rings (SSSR count). The fraction of sp³-hybridized carbons (Fsp3) is 0.525. The predicted octanol–water partition coefficient (Wildman–Crippen LogP) is 6.39. The van der Waals surface area contributed by atoms with Crippen LogP contribution in [0.1, 0.15) is 131 Å². The van der Waals surface area contributed by atoms with E-state index in [-0.39, 0.29) is 43.9 Å². The number of ketones is 1. The SMILES string of the molecule is C=C1/C=C/C=C(\[C@H]2CC[C@@]3([C@@H]4C[C@H]5C#CC[C@H](C(=O)/C(C)=C/4CC[C@@]3(C)O)c3cccc4c3[C@H](NC[C@H](O)CCc3cccc(c3)C[C@@H]5O)C(=O)N[C@H]4N)[C@@H]2O)COCC#CC/C(C)=C/C[C@@H]1NCC. The van der Waals surface area contributed by atoms with Crippen molar-refractivity contribution in [2.45, 2.75) is 146 Å². The maximum absolute atomic E-state index is 15.5. The Bertz CT molecular complexity index is 2570. The number of ether oxygens (including phenoxy) is 1. The number of likely N-dealkylation sites (N-methyl/N-ethyl adjacent to an activating group) is 1. The topological polar surface area (TPSA) is 186 Å². The Hall–Kier alpha value is -4.92. The third-order valence-corrected chi connectivity index (χ3v) is 16.5. The number of aryl methyl sites for hydroxylation is 1. The highest BCUT2D eigenvalue weighted by molar-refractivity contribution is 6.01. The average Bonchev–Trinajstić information content (AvgIpc) is 3.68. The van der Waals surface area contributed by atoms with Crippen molar-refractivity contribution in [2.24, 2.45) is 28.9 Å². The van der Waals surface area contributed by atoms with Crippen LogP contribution in [0.25, 0.3) is 0 Å². The minimum absolute atomic E-state index is 0.0427. The second-order valence-corrected chi connectivity index (χ2v) is 20.9. The Balaban J connectivity index is 1.25. The third-order valence-electron chi connectivity index (χ3n) is 16.5. The lowest BCUT2D eigenvalue weighted by atomic mass is 9.51. The molecule has 0 unspecified atom stereocenters. The molecule has 3 heterocycles. The number of nitrogens with one attached hydrogen (secondary N) is 3. The van der Waals surface area contributed by atoms with Gasteiger partial charge in [0.2, 0.25) is 5.91 Å². The van der Waals surface area contributed by atoms with E-state index in [2.05, 4.69) is 72.2 Å². The van der Waals surface area contributed by atoms with Crippen molar-refractivity contribution in [3.05, 3.63) is 129 Å². The van der Waals surface area contributed by atoms with Crippen molar-refractivity contribution in [1.82, 2.24) is 16.0 Å². The average molecular weight is 951 g/mol. The van der Waals surface area contributed by atoms with Crippen LogP contribution in [0.3, 0.4) is 0 Å². The molecular weight excluding hydrogens is 877 g/mol. The smallest absolute Gasteiger partial charge is 0.243 e. The molecule has 372 valence electrons. The van der Waals surface area contributed by atoms with Crippen LogP contribution in [-0.4, -0.2) is 88.4 Å². The zero-order valence-electron chi connectivity index (χ0n) is 41.5. The van der Waals surface area contributed by atoms with Crippen molar-refractivity contribution in [2.75, 3.05) is 26.3 Å². The summed E-state index contributed by atoms with van der Waals surface area (Å²) >= 11 is 0. The molecule has 0 aromatic heterocycles. The Kier molecular flexibility index (Phi) is 16.3. The van der Waals surface area contributed by atoms with Crippen molar-refractivity contribution in [3.8, 4) is 23.7 Å². The fourth-order valence-corrected chi connectivity index (χ4v) is 12.6. The molecule has 0 saturated heterocycles. The molecule has 9 N–H and O–H groups in total. The van der Waals surface area contributed by atoms with Crippen LogP contribution in [-0.2, 0) is 27.2 Å². The summed E-state index contributed by atoms with van der Waals surface area (Å²) in [4.78, 5) is 29.4. The first-order chi connectivity index (χ1) is 33.6. The molecular formula is C59H74N4O7. The maximum atomic E-state index is 15.5. The van der Waals surface area contributed by atoms with E-state index in [0.29, 0.717) is 80.1 Å². The molecule has 1 spiro atoms.